The molecule has 1 aromatic heterocycles. The van der Waals surface area contributed by atoms with Crippen molar-refractivity contribution >= 4 is 5.69 Å². The van der Waals surface area contributed by atoms with Gasteiger partial charge in [0.05, 0.1) is 31.5 Å². The first-order valence-electron chi connectivity index (χ1n) is 10.4. The lowest BCUT2D eigenvalue weighted by molar-refractivity contribution is 0.231. The molecule has 0 bridgehead atoms. The lowest BCUT2D eigenvalue weighted by Crippen LogP contribution is -2.25. The first-order valence-corrected chi connectivity index (χ1v) is 10.4. The van der Waals surface area contributed by atoms with E-state index in [1.54, 1.807) is 6.07 Å². The van der Waals surface area contributed by atoms with Crippen LogP contribution in [0.1, 0.15) is 6.42 Å². The first-order chi connectivity index (χ1) is 15.9. The highest BCUT2D eigenvalue weighted by Crippen LogP contribution is 2.33. The molecule has 2 aromatic carbocycles. The topological polar surface area (TPSA) is 69.7 Å². The monoisotopic (exact) mass is 452 g/mol. The molecule has 1 atom stereocenters. The van der Waals surface area contributed by atoms with Crippen LogP contribution < -0.4 is 20.3 Å². The number of nitrogens with one attached hydrogen (secondary N) is 1. The number of nitrogens with zero attached hydrogens (tertiary/aromatic N) is 3. The van der Waals surface area contributed by atoms with Gasteiger partial charge in [0.2, 0.25) is 5.69 Å². The van der Waals surface area contributed by atoms with Gasteiger partial charge >= 0.3 is 0 Å². The maximum absolute atomic E-state index is 14.5. The SMILES string of the molecule is [C-]#[N+]c1ccc(-c2nc(OCC3CCNC3)n(C)c(=O)c2-c2ccc(OC)c(F)c2)cc1F. The molecule has 1 N–H and O–H groups in total. The minimum atomic E-state index is -0.740. The molecule has 1 saturated heterocycles. The average molecular weight is 452 g/mol. The van der Waals surface area contributed by atoms with Crippen molar-refractivity contribution in [3.05, 3.63) is 69.8 Å². The van der Waals surface area contributed by atoms with Gasteiger partial charge in [0, 0.05) is 25.1 Å². The van der Waals surface area contributed by atoms with Crippen LogP contribution in [0.5, 0.6) is 11.8 Å². The van der Waals surface area contributed by atoms with Crippen LogP contribution in [0, 0.1) is 24.1 Å². The van der Waals surface area contributed by atoms with Gasteiger partial charge in [0.15, 0.2) is 11.6 Å². The van der Waals surface area contributed by atoms with Crippen LogP contribution in [-0.2, 0) is 7.05 Å². The van der Waals surface area contributed by atoms with E-state index in [9.17, 15) is 13.6 Å². The highest BCUT2D eigenvalue weighted by Gasteiger charge is 2.22. The van der Waals surface area contributed by atoms with E-state index in [-0.39, 0.29) is 45.7 Å². The highest BCUT2D eigenvalue weighted by molar-refractivity contribution is 5.81. The number of hydrogen-bond acceptors (Lipinski definition) is 5. The third-order valence-electron chi connectivity index (χ3n) is 5.64. The maximum atomic E-state index is 14.5. The summed E-state index contributed by atoms with van der Waals surface area (Å²) in [6, 6.07) is 8.17. The van der Waals surface area contributed by atoms with Gasteiger partial charge in [-0.05, 0) is 36.7 Å². The van der Waals surface area contributed by atoms with Gasteiger partial charge in [0.1, 0.15) is 5.82 Å². The molecule has 0 aliphatic carbocycles. The van der Waals surface area contributed by atoms with Crippen molar-refractivity contribution in [3.63, 3.8) is 0 Å². The van der Waals surface area contributed by atoms with E-state index in [1.165, 1.54) is 43.0 Å². The molecule has 170 valence electrons. The van der Waals surface area contributed by atoms with Crippen molar-refractivity contribution in [1.29, 1.82) is 0 Å². The Morgan fingerprint density at radius 3 is 2.61 bits per heavy atom. The van der Waals surface area contributed by atoms with Gasteiger partial charge in [-0.15, -0.1) is 0 Å². The molecule has 7 nitrogen and oxygen atoms in total. The number of halogens is 2. The molecule has 2 heterocycles. The third kappa shape index (κ3) is 4.43. The van der Waals surface area contributed by atoms with Gasteiger partial charge in [0.25, 0.3) is 11.6 Å². The summed E-state index contributed by atoms with van der Waals surface area (Å²) in [5.74, 6) is -1.07. The summed E-state index contributed by atoms with van der Waals surface area (Å²) in [4.78, 5) is 21.1. The molecule has 1 aliphatic heterocycles. The van der Waals surface area contributed by atoms with Crippen molar-refractivity contribution in [2.75, 3.05) is 26.8 Å². The molecule has 33 heavy (non-hydrogen) atoms. The predicted octanol–water partition coefficient (Wildman–Crippen LogP) is 3.94. The van der Waals surface area contributed by atoms with E-state index in [0.717, 1.165) is 25.6 Å². The molecule has 1 unspecified atom stereocenters. The summed E-state index contributed by atoms with van der Waals surface area (Å²) in [6.45, 7) is 9.15. The van der Waals surface area contributed by atoms with Crippen LogP contribution in [0.2, 0.25) is 0 Å². The number of aromatic nitrogens is 2. The number of methoxy groups -OCH3 is 1. The summed E-state index contributed by atoms with van der Waals surface area (Å²) in [5.41, 5.74) is 0.138. The zero-order valence-electron chi connectivity index (χ0n) is 18.2. The summed E-state index contributed by atoms with van der Waals surface area (Å²) < 4.78 is 41.0. The second-order valence-electron chi connectivity index (χ2n) is 7.78. The number of ether oxygens (including phenoxy) is 2. The highest BCUT2D eigenvalue weighted by atomic mass is 19.1. The van der Waals surface area contributed by atoms with Crippen LogP contribution in [0.15, 0.2) is 41.2 Å². The smallest absolute Gasteiger partial charge is 0.299 e. The van der Waals surface area contributed by atoms with Crippen molar-refractivity contribution in [1.82, 2.24) is 14.9 Å². The zero-order valence-corrected chi connectivity index (χ0v) is 18.2. The maximum Gasteiger partial charge on any atom is 0.299 e. The Bertz CT molecular complexity index is 1290. The van der Waals surface area contributed by atoms with Gasteiger partial charge in [-0.2, -0.15) is 4.98 Å². The summed E-state index contributed by atoms with van der Waals surface area (Å²) in [6.07, 6.45) is 0.952. The van der Waals surface area contributed by atoms with Gasteiger partial charge < -0.3 is 14.8 Å². The second-order valence-corrected chi connectivity index (χ2v) is 7.78. The van der Waals surface area contributed by atoms with E-state index in [0.29, 0.717) is 6.61 Å². The minimum absolute atomic E-state index is 0.0302. The van der Waals surface area contributed by atoms with E-state index < -0.39 is 17.2 Å². The quantitative estimate of drug-likeness (QED) is 0.574. The summed E-state index contributed by atoms with van der Waals surface area (Å²) in [7, 11) is 2.87. The Balaban J connectivity index is 1.88. The molecule has 0 amide bonds. The van der Waals surface area contributed by atoms with Crippen LogP contribution in [0.25, 0.3) is 27.2 Å². The largest absolute Gasteiger partial charge is 0.494 e. The van der Waals surface area contributed by atoms with E-state index in [4.69, 9.17) is 16.0 Å². The minimum Gasteiger partial charge on any atom is -0.494 e. The van der Waals surface area contributed by atoms with Gasteiger partial charge in [-0.3, -0.25) is 9.36 Å². The molecule has 0 spiro atoms. The number of hydrogen-bond donors (Lipinski definition) is 1. The Kier molecular flexibility index (Phi) is 6.38. The molecule has 1 aliphatic rings. The summed E-state index contributed by atoms with van der Waals surface area (Å²) >= 11 is 0. The molecule has 9 heteroatoms. The molecule has 4 rings (SSSR count). The van der Waals surface area contributed by atoms with E-state index in [2.05, 4.69) is 15.1 Å². The molecule has 0 saturated carbocycles. The van der Waals surface area contributed by atoms with Gasteiger partial charge in [-0.1, -0.05) is 18.2 Å². The van der Waals surface area contributed by atoms with Crippen LogP contribution in [-0.4, -0.2) is 36.4 Å². The molecular weight excluding hydrogens is 430 g/mol. The Labute approximate surface area is 189 Å². The lowest BCUT2D eigenvalue weighted by atomic mass is 9.99. The Morgan fingerprint density at radius 1 is 1.21 bits per heavy atom. The second kappa shape index (κ2) is 9.38. The van der Waals surface area contributed by atoms with Crippen molar-refractivity contribution in [2.45, 2.75) is 6.42 Å². The zero-order chi connectivity index (χ0) is 23.5. The number of benzene rings is 2. The van der Waals surface area contributed by atoms with Gasteiger partial charge in [-0.25, -0.2) is 13.6 Å². The standard InChI is InChI=1S/C24H22F2N4O3/c1-27-19-6-4-16(11-17(19)25)22-21(15-5-7-20(32-3)18(26)10-15)23(31)30(2)24(29-22)33-13-14-8-9-28-12-14/h4-7,10-11,14,28H,8-9,12-13H2,2-3H3. The van der Waals surface area contributed by atoms with Crippen molar-refractivity contribution in [2.24, 2.45) is 13.0 Å². The fourth-order valence-electron chi connectivity index (χ4n) is 3.80. The molecule has 3 aromatic rings. The van der Waals surface area contributed by atoms with Crippen LogP contribution in [0.3, 0.4) is 0 Å². The summed E-state index contributed by atoms with van der Waals surface area (Å²) in [5, 5.41) is 3.25. The van der Waals surface area contributed by atoms with Crippen LogP contribution in [0.4, 0.5) is 14.5 Å². The van der Waals surface area contributed by atoms with Crippen LogP contribution >= 0.6 is 0 Å². The molecular formula is C24H22F2N4O3. The number of rotatable bonds is 6. The fourth-order valence-corrected chi connectivity index (χ4v) is 3.80. The normalized spacial score (nSPS) is 15.3. The predicted molar refractivity (Wildman–Crippen MR) is 120 cm³/mol. The van der Waals surface area contributed by atoms with Crippen molar-refractivity contribution < 1.29 is 18.3 Å². The molecule has 0 radical (unpaired) electrons. The van der Waals surface area contributed by atoms with E-state index in [1.807, 2.05) is 0 Å². The lowest BCUT2D eigenvalue weighted by Gasteiger charge is -2.17. The fraction of sp³-hybridized carbons (Fsp3) is 0.292. The third-order valence-corrected chi connectivity index (χ3v) is 5.64. The Morgan fingerprint density at radius 2 is 1.97 bits per heavy atom. The first kappa shape index (κ1) is 22.4. The van der Waals surface area contributed by atoms with Crippen molar-refractivity contribution in [3.8, 4) is 34.1 Å². The average Bonchev–Trinajstić information content (AvgIpc) is 3.33. The molecule has 1 fully saturated rings. The van der Waals surface area contributed by atoms with E-state index >= 15 is 0 Å². The Hall–Kier alpha value is -3.77.